The van der Waals surface area contributed by atoms with Crippen LogP contribution in [-0.4, -0.2) is 10.3 Å². The Morgan fingerprint density at radius 3 is 0.861 bits per heavy atom. The molecule has 1 aliphatic carbocycles. The van der Waals surface area contributed by atoms with Crippen molar-refractivity contribution in [3.63, 3.8) is 0 Å². The van der Waals surface area contributed by atoms with E-state index in [-0.39, 0.29) is 0 Å². The lowest BCUT2D eigenvalue weighted by molar-refractivity contribution is 0.514. The van der Waals surface area contributed by atoms with E-state index in [9.17, 15) is 0 Å². The van der Waals surface area contributed by atoms with Gasteiger partial charge >= 0.3 is 0 Å². The second-order valence-electron chi connectivity index (χ2n) is 9.57. The molecule has 5 rings (SSSR count). The zero-order valence-electron chi connectivity index (χ0n) is 20.6. The first kappa shape index (κ1) is 24.5. The van der Waals surface area contributed by atoms with E-state index in [0.717, 1.165) is 21.2 Å². The van der Waals surface area contributed by atoms with E-state index in [1.807, 2.05) is 159 Å². The van der Waals surface area contributed by atoms with Crippen LogP contribution in [0.5, 0.6) is 0 Å². The van der Waals surface area contributed by atoms with Gasteiger partial charge in [0.2, 0.25) is 0 Å². The number of benzene rings is 4. The lowest BCUT2D eigenvalue weighted by Crippen LogP contribution is -2.54. The minimum Gasteiger partial charge on any atom is -0.313 e. The molecular formula is C32H30O2P2. The Hall–Kier alpha value is -3.18. The average molecular weight is 509 g/mol. The molecule has 0 bridgehead atoms. The van der Waals surface area contributed by atoms with Crippen molar-refractivity contribution in [3.05, 3.63) is 146 Å². The molecule has 4 aromatic rings. The van der Waals surface area contributed by atoms with Crippen molar-refractivity contribution >= 4 is 35.5 Å². The molecule has 0 saturated heterocycles. The van der Waals surface area contributed by atoms with Gasteiger partial charge in [0, 0.05) is 21.2 Å². The van der Waals surface area contributed by atoms with Gasteiger partial charge in [-0.1, -0.05) is 146 Å². The first-order valence-electron chi connectivity index (χ1n) is 12.2. The fraction of sp³-hybridized carbons (Fsp3) is 0.125. The van der Waals surface area contributed by atoms with Crippen molar-refractivity contribution in [2.45, 2.75) is 24.2 Å². The maximum atomic E-state index is 15.8. The van der Waals surface area contributed by atoms with Crippen LogP contribution in [0.1, 0.15) is 13.8 Å². The highest BCUT2D eigenvalue weighted by atomic mass is 31.2. The standard InChI is InChI=1S/C32H30O2P2/c1-31(35(33,27-17-7-3-8-18-27)28-19-9-4-10-20-28)25-15-16-26-32(31,2)36(34,29-21-11-5-12-22-29)30-23-13-6-14-24-30/h3-26H,1-2H3. The fourth-order valence-corrected chi connectivity index (χ4v) is 13.6. The highest BCUT2D eigenvalue weighted by Gasteiger charge is 2.63. The van der Waals surface area contributed by atoms with E-state index >= 15 is 9.13 Å². The Morgan fingerprint density at radius 2 is 0.639 bits per heavy atom. The van der Waals surface area contributed by atoms with Gasteiger partial charge in [0.05, 0.1) is 10.3 Å². The largest absolute Gasteiger partial charge is 0.313 e. The Bertz CT molecular complexity index is 1290. The molecule has 0 fully saturated rings. The van der Waals surface area contributed by atoms with Gasteiger partial charge in [-0.25, -0.2) is 0 Å². The monoisotopic (exact) mass is 508 g/mol. The third-order valence-electron chi connectivity index (χ3n) is 7.76. The van der Waals surface area contributed by atoms with E-state index < -0.39 is 24.6 Å². The van der Waals surface area contributed by atoms with Crippen LogP contribution in [0, 0.1) is 0 Å². The molecule has 0 radical (unpaired) electrons. The molecule has 2 nitrogen and oxygen atoms in total. The van der Waals surface area contributed by atoms with E-state index in [2.05, 4.69) is 0 Å². The van der Waals surface area contributed by atoms with Gasteiger partial charge in [-0.2, -0.15) is 0 Å². The van der Waals surface area contributed by atoms with Crippen molar-refractivity contribution in [1.29, 1.82) is 0 Å². The van der Waals surface area contributed by atoms with Gasteiger partial charge in [-0.3, -0.25) is 0 Å². The molecular weight excluding hydrogens is 478 g/mol. The minimum atomic E-state index is -3.38. The van der Waals surface area contributed by atoms with Crippen molar-refractivity contribution < 1.29 is 9.13 Å². The lowest BCUT2D eigenvalue weighted by Gasteiger charge is -2.52. The van der Waals surface area contributed by atoms with Gasteiger partial charge in [-0.15, -0.1) is 0 Å². The zero-order valence-corrected chi connectivity index (χ0v) is 22.4. The lowest BCUT2D eigenvalue weighted by atomic mass is 9.89. The maximum Gasteiger partial charge on any atom is 0.153 e. The smallest absolute Gasteiger partial charge is 0.153 e. The van der Waals surface area contributed by atoms with Crippen molar-refractivity contribution in [2.24, 2.45) is 0 Å². The van der Waals surface area contributed by atoms with Crippen LogP contribution in [0.25, 0.3) is 0 Å². The summed E-state index contributed by atoms with van der Waals surface area (Å²) in [6.45, 7) is 4.07. The summed E-state index contributed by atoms with van der Waals surface area (Å²) in [7, 11) is -6.76. The van der Waals surface area contributed by atoms with Gasteiger partial charge < -0.3 is 9.13 Å². The van der Waals surface area contributed by atoms with Crippen LogP contribution in [0.3, 0.4) is 0 Å². The van der Waals surface area contributed by atoms with Gasteiger partial charge in [0.1, 0.15) is 0 Å². The third-order valence-corrected chi connectivity index (χ3v) is 15.9. The van der Waals surface area contributed by atoms with Crippen LogP contribution < -0.4 is 21.2 Å². The SMILES string of the molecule is CC1(P(=O)(c2ccccc2)c2ccccc2)C=CC=CC1(C)P(=O)(c1ccccc1)c1ccccc1. The summed E-state index contributed by atoms with van der Waals surface area (Å²) in [6, 6.07) is 38.8. The van der Waals surface area contributed by atoms with Crippen LogP contribution in [0.15, 0.2) is 146 Å². The highest BCUT2D eigenvalue weighted by molar-refractivity contribution is 7.84. The topological polar surface area (TPSA) is 34.1 Å². The molecule has 2 atom stereocenters. The van der Waals surface area contributed by atoms with E-state index in [4.69, 9.17) is 0 Å². The molecule has 0 aromatic heterocycles. The molecule has 180 valence electrons. The number of allylic oxidation sites excluding steroid dienone is 4. The summed E-state index contributed by atoms with van der Waals surface area (Å²) >= 11 is 0. The van der Waals surface area contributed by atoms with E-state index in [1.54, 1.807) is 0 Å². The molecule has 0 amide bonds. The zero-order chi connectivity index (χ0) is 25.3. The molecule has 0 N–H and O–H groups in total. The average Bonchev–Trinajstić information content (AvgIpc) is 2.95. The summed E-state index contributed by atoms with van der Waals surface area (Å²) in [5.41, 5.74) is 0. The predicted octanol–water partition coefficient (Wildman–Crippen LogP) is 6.66. The summed E-state index contributed by atoms with van der Waals surface area (Å²) < 4.78 is 31.6. The van der Waals surface area contributed by atoms with Crippen LogP contribution in [-0.2, 0) is 9.13 Å². The Morgan fingerprint density at radius 1 is 0.417 bits per heavy atom. The summed E-state index contributed by atoms with van der Waals surface area (Å²) in [5, 5.41) is 1.07. The van der Waals surface area contributed by atoms with Crippen LogP contribution in [0.4, 0.5) is 0 Å². The fourth-order valence-electron chi connectivity index (χ4n) is 5.59. The molecule has 4 heteroatoms. The molecule has 4 aromatic carbocycles. The number of hydrogen-bond donors (Lipinski definition) is 0. The predicted molar refractivity (Wildman–Crippen MR) is 155 cm³/mol. The first-order valence-corrected chi connectivity index (χ1v) is 15.6. The van der Waals surface area contributed by atoms with Crippen LogP contribution in [0.2, 0.25) is 0 Å². The summed E-state index contributed by atoms with van der Waals surface area (Å²) in [5.74, 6) is 0. The van der Waals surface area contributed by atoms with Crippen molar-refractivity contribution in [2.75, 3.05) is 0 Å². The van der Waals surface area contributed by atoms with E-state index in [0.29, 0.717) is 0 Å². The van der Waals surface area contributed by atoms with Gasteiger partial charge in [0.25, 0.3) is 0 Å². The quantitative estimate of drug-likeness (QED) is 0.273. The highest BCUT2D eigenvalue weighted by Crippen LogP contribution is 2.73. The van der Waals surface area contributed by atoms with E-state index in [1.165, 1.54) is 0 Å². The molecule has 2 unspecified atom stereocenters. The number of hydrogen-bond acceptors (Lipinski definition) is 2. The number of rotatable bonds is 6. The normalized spacial score (nSPS) is 21.8. The second-order valence-corrected chi connectivity index (χ2v) is 15.9. The Balaban J connectivity index is 1.88. The molecule has 1 aliphatic rings. The molecule has 0 heterocycles. The molecule has 36 heavy (non-hydrogen) atoms. The maximum absolute atomic E-state index is 15.8. The minimum absolute atomic E-state index is 0.762. The Kier molecular flexibility index (Phi) is 6.37. The van der Waals surface area contributed by atoms with Crippen molar-refractivity contribution in [3.8, 4) is 0 Å². The van der Waals surface area contributed by atoms with Gasteiger partial charge in [0.15, 0.2) is 14.3 Å². The molecule has 0 aliphatic heterocycles. The molecule has 0 spiro atoms. The first-order chi connectivity index (χ1) is 17.4. The summed E-state index contributed by atoms with van der Waals surface area (Å²) in [6.07, 6.45) is 7.99. The van der Waals surface area contributed by atoms with Crippen LogP contribution >= 0.6 is 14.3 Å². The summed E-state index contributed by atoms with van der Waals surface area (Å²) in [4.78, 5) is 0. The second kappa shape index (κ2) is 9.36. The van der Waals surface area contributed by atoms with Crippen molar-refractivity contribution in [1.82, 2.24) is 0 Å². The Labute approximate surface area is 214 Å². The third kappa shape index (κ3) is 3.47. The molecule has 0 saturated carbocycles. The van der Waals surface area contributed by atoms with Gasteiger partial charge in [-0.05, 0) is 13.8 Å².